The first-order valence-electron chi connectivity index (χ1n) is 7.60. The van der Waals surface area contributed by atoms with Crippen LogP contribution in [0.1, 0.15) is 25.0 Å². The third-order valence-electron chi connectivity index (χ3n) is 3.81. The number of thioether (sulfide) groups is 1. The molecule has 0 aliphatic heterocycles. The van der Waals surface area contributed by atoms with Crippen molar-refractivity contribution in [3.63, 3.8) is 0 Å². The molecule has 0 amide bonds. The topological polar surface area (TPSA) is 112 Å². The summed E-state index contributed by atoms with van der Waals surface area (Å²) in [5.41, 5.74) is 1.39. The van der Waals surface area contributed by atoms with Gasteiger partial charge in [0.05, 0.1) is 18.2 Å². The van der Waals surface area contributed by atoms with Gasteiger partial charge < -0.3 is 5.11 Å². The van der Waals surface area contributed by atoms with E-state index >= 15 is 0 Å². The fraction of sp³-hybridized carbons (Fsp3) is 0.222. The minimum absolute atomic E-state index is 0.0374. The quantitative estimate of drug-likeness (QED) is 0.377. The van der Waals surface area contributed by atoms with Crippen LogP contribution in [0.15, 0.2) is 36.4 Å². The van der Waals surface area contributed by atoms with Crippen LogP contribution in [0.5, 0.6) is 0 Å². The lowest BCUT2D eigenvalue weighted by Crippen LogP contribution is -2.36. The Balaban J connectivity index is 2.39. The van der Waals surface area contributed by atoms with Gasteiger partial charge in [-0.3, -0.25) is 20.5 Å². The molecule has 0 fully saturated rings. The zero-order valence-electron chi connectivity index (χ0n) is 14.2. The highest BCUT2D eigenvalue weighted by Gasteiger charge is 2.32. The maximum atomic E-state index is 11.3. The minimum Gasteiger partial charge on any atom is -0.480 e. The van der Waals surface area contributed by atoms with Crippen molar-refractivity contribution in [2.45, 2.75) is 25.1 Å². The fourth-order valence-corrected chi connectivity index (χ4v) is 3.59. The van der Waals surface area contributed by atoms with E-state index in [2.05, 4.69) is 22.0 Å². The molecular formula is C18H17BrN4O2S. The van der Waals surface area contributed by atoms with Crippen molar-refractivity contribution in [2.24, 2.45) is 0 Å². The molecule has 8 heteroatoms. The Kier molecular flexibility index (Phi) is 6.05. The molecule has 0 unspecified atom stereocenters. The Morgan fingerprint density at radius 3 is 2.42 bits per heavy atom. The molecule has 0 spiro atoms. The van der Waals surface area contributed by atoms with Crippen molar-refractivity contribution in [3.8, 4) is 6.07 Å². The van der Waals surface area contributed by atoms with Gasteiger partial charge in [0.2, 0.25) is 0 Å². The molecule has 6 nitrogen and oxygen atoms in total. The molecule has 2 rings (SSSR count). The van der Waals surface area contributed by atoms with Gasteiger partial charge in [-0.1, -0.05) is 42.1 Å². The predicted molar refractivity (Wildman–Crippen MR) is 108 cm³/mol. The van der Waals surface area contributed by atoms with Crippen LogP contribution in [-0.2, 0) is 11.3 Å². The van der Waals surface area contributed by atoms with Crippen LogP contribution in [0.4, 0.5) is 0 Å². The van der Waals surface area contributed by atoms with E-state index in [0.717, 1.165) is 28.1 Å². The number of amidine groups is 2. The molecule has 0 aromatic heterocycles. The van der Waals surface area contributed by atoms with Gasteiger partial charge in [0.15, 0.2) is 9.91 Å². The van der Waals surface area contributed by atoms with Gasteiger partial charge in [-0.05, 0) is 52.2 Å². The van der Waals surface area contributed by atoms with Crippen LogP contribution in [-0.4, -0.2) is 30.6 Å². The number of carboxylic acids is 1. The van der Waals surface area contributed by atoms with Gasteiger partial charge >= 0.3 is 5.97 Å². The van der Waals surface area contributed by atoms with Crippen molar-refractivity contribution in [3.05, 3.63) is 47.5 Å². The molecule has 0 radical (unpaired) electrons. The van der Waals surface area contributed by atoms with Gasteiger partial charge in [-0.15, -0.1) is 0 Å². The van der Waals surface area contributed by atoms with E-state index in [1.165, 1.54) is 18.7 Å². The van der Waals surface area contributed by atoms with Crippen LogP contribution in [0, 0.1) is 22.1 Å². The molecule has 0 heterocycles. The Labute approximate surface area is 164 Å². The van der Waals surface area contributed by atoms with E-state index < -0.39 is 10.7 Å². The molecule has 134 valence electrons. The lowest BCUT2D eigenvalue weighted by molar-refractivity contribution is -0.138. The summed E-state index contributed by atoms with van der Waals surface area (Å²) in [6.07, 6.45) is 0. The second kappa shape index (κ2) is 7.89. The van der Waals surface area contributed by atoms with Crippen molar-refractivity contribution >= 4 is 54.3 Å². The maximum Gasteiger partial charge on any atom is 0.319 e. The molecule has 0 saturated carbocycles. The summed E-state index contributed by atoms with van der Waals surface area (Å²) in [5.74, 6) is -1.03. The van der Waals surface area contributed by atoms with E-state index in [1.54, 1.807) is 12.1 Å². The maximum absolute atomic E-state index is 11.3. The highest BCUT2D eigenvalue weighted by molar-refractivity contribution is 9.18. The first-order valence-corrected chi connectivity index (χ1v) is 9.21. The number of benzene rings is 2. The smallest absolute Gasteiger partial charge is 0.319 e. The standard InChI is InChI=1S/C18H17BrN4O2S/c1-18(2,15(24)25)26-17(22)23(16(19)21)10-12-8-7-11(9-20)13-5-3-4-6-14(12)13/h3-8,21-22H,10H2,1-2H3,(H,24,25). The van der Waals surface area contributed by atoms with Crippen LogP contribution in [0.3, 0.4) is 0 Å². The second-order valence-corrected chi connectivity index (χ2v) is 8.39. The van der Waals surface area contributed by atoms with E-state index in [1.807, 2.05) is 24.3 Å². The second-order valence-electron chi connectivity index (χ2n) is 6.03. The van der Waals surface area contributed by atoms with Gasteiger partial charge in [-0.2, -0.15) is 5.26 Å². The number of hydrogen-bond acceptors (Lipinski definition) is 5. The number of aliphatic carboxylic acids is 1. The molecule has 26 heavy (non-hydrogen) atoms. The summed E-state index contributed by atoms with van der Waals surface area (Å²) in [7, 11) is 0. The zero-order valence-corrected chi connectivity index (χ0v) is 16.6. The van der Waals surface area contributed by atoms with E-state index in [9.17, 15) is 15.2 Å². The molecule has 0 saturated heterocycles. The van der Waals surface area contributed by atoms with Crippen molar-refractivity contribution < 1.29 is 9.90 Å². The summed E-state index contributed by atoms with van der Waals surface area (Å²) in [4.78, 5) is 12.7. The average Bonchev–Trinajstić information content (AvgIpc) is 2.58. The number of nitriles is 1. The Bertz CT molecular complexity index is 936. The first kappa shape index (κ1) is 19.9. The monoisotopic (exact) mass is 432 g/mol. The highest BCUT2D eigenvalue weighted by atomic mass is 79.9. The molecule has 2 aromatic carbocycles. The lowest BCUT2D eigenvalue weighted by atomic mass is 10.00. The summed E-state index contributed by atoms with van der Waals surface area (Å²) in [6.45, 7) is 3.24. The predicted octanol–water partition coefficient (Wildman–Crippen LogP) is 4.37. The fourth-order valence-electron chi connectivity index (χ4n) is 2.34. The number of nitrogens with one attached hydrogen (secondary N) is 2. The number of nitrogens with zero attached hydrogens (tertiary/aromatic N) is 2. The average molecular weight is 433 g/mol. The molecule has 0 atom stereocenters. The Hall–Kier alpha value is -2.37. The van der Waals surface area contributed by atoms with E-state index in [-0.39, 0.29) is 16.5 Å². The van der Waals surface area contributed by atoms with Crippen LogP contribution >= 0.6 is 27.7 Å². The Morgan fingerprint density at radius 2 is 1.88 bits per heavy atom. The number of fused-ring (bicyclic) bond motifs is 1. The molecule has 3 N–H and O–H groups in total. The molecule has 0 aliphatic rings. The summed E-state index contributed by atoms with van der Waals surface area (Å²) < 4.78 is -1.23. The van der Waals surface area contributed by atoms with Gasteiger partial charge in [0, 0.05) is 0 Å². The highest BCUT2D eigenvalue weighted by Crippen LogP contribution is 2.30. The zero-order chi connectivity index (χ0) is 19.5. The van der Waals surface area contributed by atoms with Crippen LogP contribution < -0.4 is 0 Å². The summed E-state index contributed by atoms with van der Waals surface area (Å²) in [6, 6.07) is 13.1. The number of halogens is 1. The lowest BCUT2D eigenvalue weighted by Gasteiger charge is -2.27. The molecule has 2 aromatic rings. The molecule has 0 aliphatic carbocycles. The van der Waals surface area contributed by atoms with Crippen molar-refractivity contribution in [1.29, 1.82) is 16.1 Å². The molecular weight excluding hydrogens is 416 g/mol. The number of hydrogen-bond donors (Lipinski definition) is 3. The van der Waals surface area contributed by atoms with E-state index in [0.29, 0.717) is 5.56 Å². The van der Waals surface area contributed by atoms with Crippen LogP contribution in [0.25, 0.3) is 10.8 Å². The Morgan fingerprint density at radius 1 is 1.27 bits per heavy atom. The largest absolute Gasteiger partial charge is 0.480 e. The van der Waals surface area contributed by atoms with Gasteiger partial charge in [0.25, 0.3) is 0 Å². The van der Waals surface area contributed by atoms with Crippen molar-refractivity contribution in [2.75, 3.05) is 0 Å². The minimum atomic E-state index is -1.19. The third kappa shape index (κ3) is 4.23. The normalized spacial score (nSPS) is 11.0. The molecule has 0 bridgehead atoms. The number of carboxylic acid groups (broad SMARTS) is 1. The van der Waals surface area contributed by atoms with Crippen molar-refractivity contribution in [1.82, 2.24) is 4.90 Å². The summed E-state index contributed by atoms with van der Waals surface area (Å²) >= 11 is 3.96. The first-order chi connectivity index (χ1) is 12.2. The number of rotatable bonds is 4. The van der Waals surface area contributed by atoms with E-state index in [4.69, 9.17) is 10.8 Å². The van der Waals surface area contributed by atoms with Crippen LogP contribution in [0.2, 0.25) is 0 Å². The van der Waals surface area contributed by atoms with Gasteiger partial charge in [-0.25, -0.2) is 0 Å². The van der Waals surface area contributed by atoms with Gasteiger partial charge in [0.1, 0.15) is 4.75 Å². The number of carbonyl (C=O) groups is 1. The summed E-state index contributed by atoms with van der Waals surface area (Å²) in [5, 5.41) is 36.3. The SMILES string of the molecule is CC(C)(SC(=N)N(Cc1ccc(C#N)c2ccccc12)C(=N)Br)C(=O)O. The third-order valence-corrected chi connectivity index (χ3v) is 5.34.